The Balaban J connectivity index is 1.70. The van der Waals surface area contributed by atoms with Gasteiger partial charge in [0.1, 0.15) is 12.4 Å². The van der Waals surface area contributed by atoms with Gasteiger partial charge in [0.25, 0.3) is 0 Å². The zero-order chi connectivity index (χ0) is 20.8. The number of anilines is 1. The second-order valence-electron chi connectivity index (χ2n) is 7.44. The van der Waals surface area contributed by atoms with E-state index in [1.807, 2.05) is 0 Å². The molecular weight excluding hydrogens is 383 g/mol. The van der Waals surface area contributed by atoms with Gasteiger partial charge in [-0.15, -0.1) is 0 Å². The van der Waals surface area contributed by atoms with Gasteiger partial charge in [-0.2, -0.15) is 0 Å². The minimum atomic E-state index is -0.855. The number of hydrogen-bond donors (Lipinski definition) is 3. The Bertz CT molecular complexity index is 745. The Morgan fingerprint density at radius 2 is 2.17 bits per heavy atom. The third-order valence-corrected chi connectivity index (χ3v) is 5.43. The zero-order valence-electron chi connectivity index (χ0n) is 16.0. The topological polar surface area (TPSA) is 128 Å². The van der Waals surface area contributed by atoms with Crippen LogP contribution in [-0.2, 0) is 14.4 Å². The normalized spacial score (nSPS) is 20.5. The molecule has 0 aromatic carbocycles. The van der Waals surface area contributed by atoms with Crippen LogP contribution in [0.4, 0.5) is 10.2 Å². The molecule has 0 radical (unpaired) electrons. The first kappa shape index (κ1) is 21.1. The summed E-state index contributed by atoms with van der Waals surface area (Å²) in [6.07, 6.45) is 7.37. The van der Waals surface area contributed by atoms with Crippen molar-refractivity contribution in [2.75, 3.05) is 18.4 Å². The van der Waals surface area contributed by atoms with Crippen LogP contribution in [0.15, 0.2) is 12.5 Å². The number of nitrogens with one attached hydrogen (secondary N) is 2. The lowest BCUT2D eigenvalue weighted by atomic mass is 9.92. The number of carbonyl (C=O) groups is 3. The van der Waals surface area contributed by atoms with Gasteiger partial charge in [0, 0.05) is 6.54 Å². The first-order chi connectivity index (χ1) is 14.0. The second-order valence-corrected chi connectivity index (χ2v) is 7.44. The summed E-state index contributed by atoms with van der Waals surface area (Å²) in [5.74, 6) is -2.28. The van der Waals surface area contributed by atoms with Crippen molar-refractivity contribution in [3.8, 4) is 0 Å². The van der Waals surface area contributed by atoms with E-state index in [0.717, 1.165) is 38.2 Å². The van der Waals surface area contributed by atoms with E-state index in [1.165, 1.54) is 5.01 Å². The number of aromatic nitrogens is 2. The molecule has 2 fully saturated rings. The smallest absolute Gasteiger partial charge is 0.250 e. The summed E-state index contributed by atoms with van der Waals surface area (Å²) in [5.41, 5.74) is 2.89. The molecule has 2 unspecified atom stereocenters. The molecule has 3 amide bonds. The lowest BCUT2D eigenvalue weighted by molar-refractivity contribution is -0.159. The number of rotatable bonds is 8. The summed E-state index contributed by atoms with van der Waals surface area (Å²) in [6, 6.07) is -0.855. The molecule has 1 aromatic heterocycles. The Hall–Kier alpha value is -2.66. The van der Waals surface area contributed by atoms with Crippen molar-refractivity contribution in [3.05, 3.63) is 18.3 Å². The highest BCUT2D eigenvalue weighted by atomic mass is 19.1. The average Bonchev–Trinajstić information content (AvgIpc) is 3.40. The number of amides is 3. The molecule has 2 atom stereocenters. The van der Waals surface area contributed by atoms with Gasteiger partial charge in [-0.05, 0) is 18.8 Å². The van der Waals surface area contributed by atoms with Crippen molar-refractivity contribution in [1.82, 2.24) is 25.5 Å². The first-order valence-electron chi connectivity index (χ1n) is 9.73. The lowest BCUT2D eigenvalue weighted by Crippen LogP contribution is -2.51. The van der Waals surface area contributed by atoms with Gasteiger partial charge in [-0.3, -0.25) is 24.6 Å². The van der Waals surface area contributed by atoms with Crippen LogP contribution in [0.1, 0.15) is 38.5 Å². The summed E-state index contributed by atoms with van der Waals surface area (Å²) in [5, 5.41) is 13.7. The Morgan fingerprint density at radius 1 is 1.41 bits per heavy atom. The highest BCUT2D eigenvalue weighted by Gasteiger charge is 2.39. The van der Waals surface area contributed by atoms with Crippen molar-refractivity contribution in [2.24, 2.45) is 11.8 Å². The van der Waals surface area contributed by atoms with Crippen molar-refractivity contribution in [2.45, 2.75) is 44.6 Å². The molecule has 10 nitrogen and oxygen atoms in total. The van der Waals surface area contributed by atoms with E-state index in [-0.39, 0.29) is 24.7 Å². The molecule has 0 spiro atoms. The Labute approximate surface area is 167 Å². The number of hydrogen-bond acceptors (Lipinski definition) is 7. The maximum atomic E-state index is 13.7. The van der Waals surface area contributed by atoms with Gasteiger partial charge >= 0.3 is 0 Å². The number of nitrogens with zero attached hydrogens (tertiary/aromatic N) is 4. The van der Waals surface area contributed by atoms with Crippen molar-refractivity contribution < 1.29 is 24.0 Å². The molecule has 0 bridgehead atoms. The molecule has 1 aromatic rings. The van der Waals surface area contributed by atoms with E-state index in [9.17, 15) is 24.0 Å². The molecule has 1 aliphatic heterocycles. The number of halogens is 1. The summed E-state index contributed by atoms with van der Waals surface area (Å²) in [6.45, 7) is 0.245. The number of carbonyl (C=O) groups excluding carboxylic acids is 3. The van der Waals surface area contributed by atoms with Gasteiger partial charge in [0.05, 0.1) is 18.7 Å². The van der Waals surface area contributed by atoms with E-state index in [4.69, 9.17) is 0 Å². The molecule has 158 valence electrons. The van der Waals surface area contributed by atoms with Crippen LogP contribution in [-0.4, -0.2) is 62.6 Å². The monoisotopic (exact) mass is 408 g/mol. The van der Waals surface area contributed by atoms with E-state index in [2.05, 4.69) is 20.7 Å². The number of hydroxylamine groups is 2. The van der Waals surface area contributed by atoms with E-state index >= 15 is 0 Å². The number of hydrazine groups is 1. The predicted octanol–water partition coefficient (Wildman–Crippen LogP) is 0.704. The highest BCUT2D eigenvalue weighted by Crippen LogP contribution is 2.31. The molecule has 29 heavy (non-hydrogen) atoms. The SMILES string of the molecule is O=CN(O)CC(CC1CCCC1)C(=O)N1NCCC1C(=O)Nc1ncncc1F. The third-order valence-electron chi connectivity index (χ3n) is 5.43. The highest BCUT2D eigenvalue weighted by molar-refractivity contribution is 5.97. The van der Waals surface area contributed by atoms with Crippen LogP contribution in [0, 0.1) is 17.7 Å². The van der Waals surface area contributed by atoms with E-state index in [0.29, 0.717) is 30.4 Å². The summed E-state index contributed by atoms with van der Waals surface area (Å²) >= 11 is 0. The molecule has 1 saturated carbocycles. The minimum absolute atomic E-state index is 0.147. The Kier molecular flexibility index (Phi) is 7.04. The maximum absolute atomic E-state index is 13.7. The standard InChI is InChI=1S/C18H25FN6O4/c19-14-8-20-10-21-16(14)23-17(27)15-5-6-22-25(15)18(28)13(9-24(29)11-26)7-12-3-1-2-4-12/h8,10-13,15,22,29H,1-7,9H2,(H,20,21,23,27). The van der Waals surface area contributed by atoms with Crippen LogP contribution >= 0.6 is 0 Å². The van der Waals surface area contributed by atoms with Gasteiger partial charge in [0.15, 0.2) is 11.6 Å². The fourth-order valence-corrected chi connectivity index (χ4v) is 4.01. The summed E-state index contributed by atoms with van der Waals surface area (Å²) in [7, 11) is 0. The third kappa shape index (κ3) is 5.24. The molecule has 3 rings (SSSR count). The largest absolute Gasteiger partial charge is 0.306 e. The summed E-state index contributed by atoms with van der Waals surface area (Å²) in [4.78, 5) is 43.9. The van der Waals surface area contributed by atoms with E-state index in [1.54, 1.807) is 0 Å². The maximum Gasteiger partial charge on any atom is 0.250 e. The van der Waals surface area contributed by atoms with Crippen molar-refractivity contribution in [1.29, 1.82) is 0 Å². The van der Waals surface area contributed by atoms with Crippen LogP contribution in [0.5, 0.6) is 0 Å². The van der Waals surface area contributed by atoms with Gasteiger partial charge in [0.2, 0.25) is 18.2 Å². The second kappa shape index (κ2) is 9.70. The van der Waals surface area contributed by atoms with Gasteiger partial charge < -0.3 is 5.32 Å². The van der Waals surface area contributed by atoms with Crippen LogP contribution in [0.2, 0.25) is 0 Å². The molecule has 2 heterocycles. The molecule has 3 N–H and O–H groups in total. The van der Waals surface area contributed by atoms with Crippen LogP contribution < -0.4 is 10.7 Å². The zero-order valence-corrected chi connectivity index (χ0v) is 16.0. The molecule has 1 aliphatic carbocycles. The van der Waals surface area contributed by atoms with Gasteiger partial charge in [-0.1, -0.05) is 25.7 Å². The van der Waals surface area contributed by atoms with E-state index < -0.39 is 23.7 Å². The van der Waals surface area contributed by atoms with Crippen LogP contribution in [0.25, 0.3) is 0 Å². The van der Waals surface area contributed by atoms with Crippen LogP contribution in [0.3, 0.4) is 0 Å². The molecule has 2 aliphatic rings. The molecule has 1 saturated heterocycles. The van der Waals surface area contributed by atoms with Crippen molar-refractivity contribution >= 4 is 24.0 Å². The fourth-order valence-electron chi connectivity index (χ4n) is 4.01. The lowest BCUT2D eigenvalue weighted by Gasteiger charge is -2.29. The first-order valence-corrected chi connectivity index (χ1v) is 9.73. The Morgan fingerprint density at radius 3 is 2.86 bits per heavy atom. The quantitative estimate of drug-likeness (QED) is 0.328. The molecule has 11 heteroatoms. The van der Waals surface area contributed by atoms with Gasteiger partial charge in [-0.25, -0.2) is 24.8 Å². The molecular formula is C18H25FN6O4. The fraction of sp³-hybridized carbons (Fsp3) is 0.611. The predicted molar refractivity (Wildman–Crippen MR) is 98.5 cm³/mol. The minimum Gasteiger partial charge on any atom is -0.306 e. The summed E-state index contributed by atoms with van der Waals surface area (Å²) < 4.78 is 13.7. The van der Waals surface area contributed by atoms with Crippen molar-refractivity contribution in [3.63, 3.8) is 0 Å². The average molecular weight is 408 g/mol.